The molecule has 1 aliphatic carbocycles. The number of carboxylic acids is 1. The molecule has 0 atom stereocenters. The largest absolute Gasteiger partial charge is 0.481 e. The lowest BCUT2D eigenvalue weighted by molar-refractivity contribution is -0.150. The third-order valence-electron chi connectivity index (χ3n) is 3.57. The molecule has 0 radical (unpaired) electrons. The summed E-state index contributed by atoms with van der Waals surface area (Å²) in [4.78, 5) is 19.9. The molecule has 1 N–H and O–H groups in total. The van der Waals surface area contributed by atoms with Crippen molar-refractivity contribution in [2.45, 2.75) is 32.1 Å². The van der Waals surface area contributed by atoms with E-state index in [1.165, 1.54) is 0 Å². The Morgan fingerprint density at radius 1 is 1.39 bits per heavy atom. The smallest absolute Gasteiger partial charge is 0.311 e. The van der Waals surface area contributed by atoms with Gasteiger partial charge in [0.05, 0.1) is 17.7 Å². The Balaban J connectivity index is 2.02. The molecular weight excluding hydrogens is 228 g/mol. The molecule has 96 valence electrons. The summed E-state index contributed by atoms with van der Waals surface area (Å²) < 4.78 is 0. The first kappa shape index (κ1) is 12.7. The van der Waals surface area contributed by atoms with Crippen molar-refractivity contribution in [3.8, 4) is 0 Å². The highest BCUT2D eigenvalue weighted by molar-refractivity contribution is 5.78. The van der Waals surface area contributed by atoms with E-state index < -0.39 is 11.4 Å². The lowest BCUT2D eigenvalue weighted by Gasteiger charge is -2.31. The van der Waals surface area contributed by atoms with Crippen LogP contribution in [-0.2, 0) is 4.79 Å². The molecule has 0 aliphatic heterocycles. The molecule has 4 heteroatoms. The van der Waals surface area contributed by atoms with Crippen molar-refractivity contribution in [3.63, 3.8) is 0 Å². The molecule has 2 rings (SSSR count). The first-order chi connectivity index (χ1) is 8.73. The van der Waals surface area contributed by atoms with Crippen molar-refractivity contribution in [1.29, 1.82) is 0 Å². The summed E-state index contributed by atoms with van der Waals surface area (Å²) in [6.07, 6.45) is 7.97. The molecule has 0 unspecified atom stereocenters. The highest BCUT2D eigenvalue weighted by Crippen LogP contribution is 2.36. The number of hydrogen-bond donors (Lipinski definition) is 1. The third-order valence-corrected chi connectivity index (χ3v) is 3.57. The van der Waals surface area contributed by atoms with Crippen LogP contribution in [0.3, 0.4) is 0 Å². The maximum absolute atomic E-state index is 11.4. The summed E-state index contributed by atoms with van der Waals surface area (Å²) in [5.74, 6) is -0.708. The quantitative estimate of drug-likeness (QED) is 0.830. The van der Waals surface area contributed by atoms with Crippen LogP contribution in [0.5, 0.6) is 0 Å². The van der Waals surface area contributed by atoms with Gasteiger partial charge in [-0.15, -0.1) is 0 Å². The van der Waals surface area contributed by atoms with Crippen LogP contribution in [0.1, 0.15) is 37.8 Å². The number of pyridine rings is 1. The second-order valence-electron chi connectivity index (χ2n) is 4.87. The van der Waals surface area contributed by atoms with Gasteiger partial charge in [0.2, 0.25) is 0 Å². The Morgan fingerprint density at radius 2 is 2.17 bits per heavy atom. The third kappa shape index (κ3) is 2.94. The molecule has 1 aromatic heterocycles. The zero-order valence-electron chi connectivity index (χ0n) is 10.4. The van der Waals surface area contributed by atoms with E-state index in [0.29, 0.717) is 6.54 Å². The predicted molar refractivity (Wildman–Crippen MR) is 69.9 cm³/mol. The van der Waals surface area contributed by atoms with Crippen molar-refractivity contribution in [2.24, 2.45) is 10.4 Å². The number of nitrogens with zero attached hydrogens (tertiary/aromatic N) is 2. The molecule has 1 heterocycles. The van der Waals surface area contributed by atoms with E-state index in [-0.39, 0.29) is 0 Å². The number of aromatic nitrogens is 1. The van der Waals surface area contributed by atoms with Crippen LogP contribution in [0.25, 0.3) is 0 Å². The highest BCUT2D eigenvalue weighted by Gasteiger charge is 2.39. The monoisotopic (exact) mass is 246 g/mol. The molecule has 18 heavy (non-hydrogen) atoms. The van der Waals surface area contributed by atoms with Gasteiger partial charge in [0.1, 0.15) is 0 Å². The molecule has 0 saturated heterocycles. The lowest BCUT2D eigenvalue weighted by atomic mass is 9.74. The second-order valence-corrected chi connectivity index (χ2v) is 4.87. The number of hydrogen-bond acceptors (Lipinski definition) is 3. The zero-order chi connectivity index (χ0) is 12.8. The van der Waals surface area contributed by atoms with E-state index in [4.69, 9.17) is 0 Å². The standard InChI is InChI=1S/C14H18N2O2/c17-13(18)14(7-3-1-4-8-14)11-15-10-12-6-2-5-9-16-12/h2,5-6,9-10H,1,3-4,7-8,11H2,(H,17,18). The summed E-state index contributed by atoms with van der Waals surface area (Å²) in [5.41, 5.74) is 0.123. The molecule has 0 amide bonds. The Labute approximate surface area is 107 Å². The Kier molecular flexibility index (Phi) is 4.07. The maximum Gasteiger partial charge on any atom is 0.311 e. The van der Waals surface area contributed by atoms with E-state index in [1.807, 2.05) is 18.2 Å². The number of carbonyl (C=O) groups is 1. The van der Waals surface area contributed by atoms with Crippen LogP contribution in [-0.4, -0.2) is 28.8 Å². The molecule has 1 aliphatic rings. The fraction of sp³-hybridized carbons (Fsp3) is 0.500. The molecule has 1 aromatic rings. The van der Waals surface area contributed by atoms with E-state index >= 15 is 0 Å². The number of aliphatic imine (C=N–C) groups is 1. The minimum absolute atomic E-state index is 0.360. The van der Waals surface area contributed by atoms with Crippen molar-refractivity contribution in [2.75, 3.05) is 6.54 Å². The van der Waals surface area contributed by atoms with Gasteiger partial charge < -0.3 is 5.11 Å². The van der Waals surface area contributed by atoms with Crippen molar-refractivity contribution in [3.05, 3.63) is 30.1 Å². The van der Waals surface area contributed by atoms with Gasteiger partial charge in [-0.2, -0.15) is 0 Å². The van der Waals surface area contributed by atoms with Crippen molar-refractivity contribution < 1.29 is 9.90 Å². The fourth-order valence-electron chi connectivity index (χ4n) is 2.43. The minimum atomic E-state index is -0.708. The average molecular weight is 246 g/mol. The summed E-state index contributed by atoms with van der Waals surface area (Å²) in [6.45, 7) is 0.360. The molecule has 1 fully saturated rings. The highest BCUT2D eigenvalue weighted by atomic mass is 16.4. The number of rotatable bonds is 4. The van der Waals surface area contributed by atoms with Crippen LogP contribution in [0.2, 0.25) is 0 Å². The summed E-state index contributed by atoms with van der Waals surface area (Å²) >= 11 is 0. The zero-order valence-corrected chi connectivity index (χ0v) is 10.4. The van der Waals surface area contributed by atoms with Gasteiger partial charge in [0.15, 0.2) is 0 Å². The van der Waals surface area contributed by atoms with Crippen LogP contribution in [0.15, 0.2) is 29.4 Å². The molecule has 0 bridgehead atoms. The predicted octanol–water partition coefficient (Wildman–Crippen LogP) is 2.54. The lowest BCUT2D eigenvalue weighted by Crippen LogP contribution is -2.36. The summed E-state index contributed by atoms with van der Waals surface area (Å²) in [5, 5.41) is 9.40. The van der Waals surface area contributed by atoms with E-state index in [0.717, 1.165) is 37.8 Å². The van der Waals surface area contributed by atoms with Crippen LogP contribution < -0.4 is 0 Å². The normalized spacial score (nSPS) is 18.9. The Hall–Kier alpha value is -1.71. The van der Waals surface area contributed by atoms with Crippen LogP contribution in [0, 0.1) is 5.41 Å². The molecule has 4 nitrogen and oxygen atoms in total. The second kappa shape index (κ2) is 5.76. The average Bonchev–Trinajstić information content (AvgIpc) is 2.41. The molecular formula is C14H18N2O2. The van der Waals surface area contributed by atoms with Crippen molar-refractivity contribution >= 4 is 12.2 Å². The SMILES string of the molecule is O=C(O)C1(CN=Cc2ccccn2)CCCCC1. The van der Waals surface area contributed by atoms with Crippen LogP contribution >= 0.6 is 0 Å². The van der Waals surface area contributed by atoms with Gasteiger partial charge in [-0.05, 0) is 25.0 Å². The molecule has 0 aromatic carbocycles. The van der Waals surface area contributed by atoms with Crippen LogP contribution in [0.4, 0.5) is 0 Å². The van der Waals surface area contributed by atoms with Gasteiger partial charge in [-0.3, -0.25) is 14.8 Å². The van der Waals surface area contributed by atoms with Gasteiger partial charge >= 0.3 is 5.97 Å². The summed E-state index contributed by atoms with van der Waals surface area (Å²) in [6, 6.07) is 5.59. The topological polar surface area (TPSA) is 62.5 Å². The minimum Gasteiger partial charge on any atom is -0.481 e. The number of aliphatic carboxylic acids is 1. The number of carboxylic acid groups (broad SMARTS) is 1. The van der Waals surface area contributed by atoms with Gasteiger partial charge in [0.25, 0.3) is 0 Å². The molecule has 0 spiro atoms. The van der Waals surface area contributed by atoms with E-state index in [9.17, 15) is 9.90 Å². The molecule has 1 saturated carbocycles. The van der Waals surface area contributed by atoms with Gasteiger partial charge in [-0.25, -0.2) is 0 Å². The van der Waals surface area contributed by atoms with E-state index in [2.05, 4.69) is 9.98 Å². The Morgan fingerprint density at radius 3 is 2.78 bits per heavy atom. The van der Waals surface area contributed by atoms with E-state index in [1.54, 1.807) is 12.4 Å². The first-order valence-corrected chi connectivity index (χ1v) is 6.37. The van der Waals surface area contributed by atoms with Gasteiger partial charge in [0, 0.05) is 12.4 Å². The summed E-state index contributed by atoms with van der Waals surface area (Å²) in [7, 11) is 0. The first-order valence-electron chi connectivity index (χ1n) is 6.37. The fourth-order valence-corrected chi connectivity index (χ4v) is 2.43. The van der Waals surface area contributed by atoms with Gasteiger partial charge in [-0.1, -0.05) is 25.3 Å². The Bertz CT molecular complexity index is 423. The maximum atomic E-state index is 11.4. The van der Waals surface area contributed by atoms with Crippen molar-refractivity contribution in [1.82, 2.24) is 4.98 Å².